The zero-order valence-electron chi connectivity index (χ0n) is 12.7. The van der Waals surface area contributed by atoms with E-state index in [9.17, 15) is 13.6 Å². The summed E-state index contributed by atoms with van der Waals surface area (Å²) in [5.74, 6) is -1.17. The van der Waals surface area contributed by atoms with Crippen LogP contribution in [0.2, 0.25) is 0 Å². The molecule has 5 nitrogen and oxygen atoms in total. The van der Waals surface area contributed by atoms with Gasteiger partial charge < -0.3 is 20.1 Å². The molecule has 2 N–H and O–H groups in total. The van der Waals surface area contributed by atoms with Crippen molar-refractivity contribution in [1.82, 2.24) is 0 Å². The second kappa shape index (κ2) is 7.44. The van der Waals surface area contributed by atoms with Gasteiger partial charge in [0.25, 0.3) is 0 Å². The number of nitrogens with one attached hydrogen (secondary N) is 2. The van der Waals surface area contributed by atoms with Gasteiger partial charge in [0.2, 0.25) is 5.91 Å². The molecule has 0 aliphatic heterocycles. The van der Waals surface area contributed by atoms with Crippen molar-refractivity contribution in [2.75, 3.05) is 31.4 Å². The van der Waals surface area contributed by atoms with E-state index in [0.717, 1.165) is 12.1 Å². The highest BCUT2D eigenvalue weighted by Crippen LogP contribution is 2.28. The van der Waals surface area contributed by atoms with E-state index in [0.29, 0.717) is 17.2 Å². The highest BCUT2D eigenvalue weighted by Gasteiger charge is 2.12. The summed E-state index contributed by atoms with van der Waals surface area (Å²) in [6.07, 6.45) is 0. The lowest BCUT2D eigenvalue weighted by Gasteiger charge is -2.13. The number of hydrogen-bond donors (Lipinski definition) is 2. The van der Waals surface area contributed by atoms with Gasteiger partial charge in [0.1, 0.15) is 28.8 Å². The fourth-order valence-electron chi connectivity index (χ4n) is 1.92. The summed E-state index contributed by atoms with van der Waals surface area (Å²) < 4.78 is 37.2. The molecule has 2 rings (SSSR count). The number of carbonyl (C=O) groups is 1. The minimum Gasteiger partial charge on any atom is -0.497 e. The minimum atomic E-state index is -0.833. The minimum absolute atomic E-state index is 0.184. The number of rotatable bonds is 6. The molecule has 0 atom stereocenters. The van der Waals surface area contributed by atoms with Crippen molar-refractivity contribution in [3.63, 3.8) is 0 Å². The van der Waals surface area contributed by atoms with Crippen LogP contribution in [0.4, 0.5) is 20.2 Å². The molecule has 0 radical (unpaired) electrons. The SMILES string of the molecule is COc1ccc(NCC(=O)Nc2c(F)cccc2F)c(OC)c1. The average Bonchev–Trinajstić information content (AvgIpc) is 2.56. The van der Waals surface area contributed by atoms with E-state index in [1.54, 1.807) is 18.2 Å². The maximum Gasteiger partial charge on any atom is 0.243 e. The summed E-state index contributed by atoms with van der Waals surface area (Å²) in [5, 5.41) is 5.03. The van der Waals surface area contributed by atoms with Crippen LogP contribution in [0.3, 0.4) is 0 Å². The summed E-state index contributed by atoms with van der Waals surface area (Å²) in [5.41, 5.74) is 0.0819. The fraction of sp³-hybridized carbons (Fsp3) is 0.188. The van der Waals surface area contributed by atoms with E-state index in [-0.39, 0.29) is 6.54 Å². The van der Waals surface area contributed by atoms with E-state index >= 15 is 0 Å². The van der Waals surface area contributed by atoms with Crippen LogP contribution in [-0.4, -0.2) is 26.7 Å². The molecule has 122 valence electrons. The van der Waals surface area contributed by atoms with Gasteiger partial charge in [-0.1, -0.05) is 6.07 Å². The zero-order chi connectivity index (χ0) is 16.8. The Morgan fingerprint density at radius 2 is 1.78 bits per heavy atom. The quantitative estimate of drug-likeness (QED) is 0.858. The predicted molar refractivity (Wildman–Crippen MR) is 83.0 cm³/mol. The first kappa shape index (κ1) is 16.5. The third-order valence-corrected chi connectivity index (χ3v) is 3.08. The zero-order valence-corrected chi connectivity index (χ0v) is 12.7. The molecule has 0 fully saturated rings. The number of methoxy groups -OCH3 is 2. The number of amides is 1. The number of ether oxygens (including phenoxy) is 2. The molecule has 0 aliphatic carbocycles. The summed E-state index contributed by atoms with van der Waals surface area (Å²) in [7, 11) is 3.01. The molecule has 0 saturated carbocycles. The summed E-state index contributed by atoms with van der Waals surface area (Å²) in [6.45, 7) is -0.184. The Hall–Kier alpha value is -2.83. The normalized spacial score (nSPS) is 10.1. The van der Waals surface area contributed by atoms with Crippen molar-refractivity contribution in [2.45, 2.75) is 0 Å². The lowest BCUT2D eigenvalue weighted by atomic mass is 10.2. The molecule has 2 aromatic rings. The largest absolute Gasteiger partial charge is 0.497 e. The van der Waals surface area contributed by atoms with Gasteiger partial charge in [0, 0.05) is 6.07 Å². The first-order valence-electron chi connectivity index (χ1n) is 6.75. The maximum atomic E-state index is 13.5. The van der Waals surface area contributed by atoms with Crippen molar-refractivity contribution in [3.8, 4) is 11.5 Å². The third kappa shape index (κ3) is 4.09. The summed E-state index contributed by atoms with van der Waals surface area (Å²) in [4.78, 5) is 11.8. The smallest absolute Gasteiger partial charge is 0.243 e. The fourth-order valence-corrected chi connectivity index (χ4v) is 1.92. The summed E-state index contributed by atoms with van der Waals surface area (Å²) in [6, 6.07) is 8.38. The van der Waals surface area contributed by atoms with Crippen molar-refractivity contribution in [2.24, 2.45) is 0 Å². The molecular formula is C16H16F2N2O3. The van der Waals surface area contributed by atoms with Crippen LogP contribution < -0.4 is 20.1 Å². The standard InChI is InChI=1S/C16H16F2N2O3/c1-22-10-6-7-13(14(8-10)23-2)19-9-15(21)20-16-11(17)4-3-5-12(16)18/h3-8,19H,9H2,1-2H3,(H,20,21). The van der Waals surface area contributed by atoms with Crippen LogP contribution in [-0.2, 0) is 4.79 Å². The highest BCUT2D eigenvalue weighted by molar-refractivity contribution is 5.94. The van der Waals surface area contributed by atoms with Crippen molar-refractivity contribution in [3.05, 3.63) is 48.0 Å². The Bertz CT molecular complexity index is 687. The van der Waals surface area contributed by atoms with E-state index in [2.05, 4.69) is 10.6 Å². The van der Waals surface area contributed by atoms with Crippen LogP contribution in [0.1, 0.15) is 0 Å². The Labute approximate surface area is 132 Å². The van der Waals surface area contributed by atoms with Crippen LogP contribution in [0.25, 0.3) is 0 Å². The Morgan fingerprint density at radius 1 is 1.09 bits per heavy atom. The molecule has 7 heteroatoms. The van der Waals surface area contributed by atoms with Gasteiger partial charge in [-0.05, 0) is 24.3 Å². The molecule has 0 bridgehead atoms. The molecule has 0 heterocycles. The lowest BCUT2D eigenvalue weighted by molar-refractivity contribution is -0.114. The third-order valence-electron chi connectivity index (χ3n) is 3.08. The monoisotopic (exact) mass is 322 g/mol. The first-order valence-corrected chi connectivity index (χ1v) is 6.75. The Kier molecular flexibility index (Phi) is 5.35. The second-order valence-electron chi connectivity index (χ2n) is 4.56. The molecular weight excluding hydrogens is 306 g/mol. The maximum absolute atomic E-state index is 13.5. The highest BCUT2D eigenvalue weighted by atomic mass is 19.1. The van der Waals surface area contributed by atoms with Crippen molar-refractivity contribution >= 4 is 17.3 Å². The summed E-state index contributed by atoms with van der Waals surface area (Å²) >= 11 is 0. The van der Waals surface area contributed by atoms with Gasteiger partial charge in [-0.3, -0.25) is 4.79 Å². The van der Waals surface area contributed by atoms with E-state index in [1.165, 1.54) is 20.3 Å². The number of anilines is 2. The van der Waals surface area contributed by atoms with Crippen LogP contribution in [0, 0.1) is 11.6 Å². The molecule has 2 aromatic carbocycles. The number of para-hydroxylation sites is 1. The Morgan fingerprint density at radius 3 is 2.39 bits per heavy atom. The van der Waals surface area contributed by atoms with Crippen molar-refractivity contribution in [1.29, 1.82) is 0 Å². The number of hydrogen-bond acceptors (Lipinski definition) is 4. The van der Waals surface area contributed by atoms with Gasteiger partial charge in [-0.15, -0.1) is 0 Å². The molecule has 0 unspecified atom stereocenters. The van der Waals surface area contributed by atoms with Gasteiger partial charge in [-0.2, -0.15) is 0 Å². The second-order valence-corrected chi connectivity index (χ2v) is 4.56. The van der Waals surface area contributed by atoms with Gasteiger partial charge >= 0.3 is 0 Å². The van der Waals surface area contributed by atoms with E-state index < -0.39 is 23.2 Å². The molecule has 0 aromatic heterocycles. The molecule has 1 amide bonds. The number of carbonyl (C=O) groups excluding carboxylic acids is 1. The van der Waals surface area contributed by atoms with Crippen LogP contribution in [0.5, 0.6) is 11.5 Å². The Balaban J connectivity index is 2.02. The predicted octanol–water partition coefficient (Wildman–Crippen LogP) is 3.03. The lowest BCUT2D eigenvalue weighted by Crippen LogP contribution is -2.23. The van der Waals surface area contributed by atoms with E-state index in [4.69, 9.17) is 9.47 Å². The van der Waals surface area contributed by atoms with Crippen molar-refractivity contribution < 1.29 is 23.0 Å². The average molecular weight is 322 g/mol. The first-order chi connectivity index (χ1) is 11.0. The van der Waals surface area contributed by atoms with Gasteiger partial charge in [-0.25, -0.2) is 8.78 Å². The topological polar surface area (TPSA) is 59.6 Å². The van der Waals surface area contributed by atoms with Crippen LogP contribution in [0.15, 0.2) is 36.4 Å². The molecule has 0 spiro atoms. The van der Waals surface area contributed by atoms with E-state index in [1.807, 2.05) is 0 Å². The van der Waals surface area contributed by atoms with Gasteiger partial charge in [0.05, 0.1) is 26.5 Å². The number of benzene rings is 2. The number of halogens is 2. The van der Waals surface area contributed by atoms with Gasteiger partial charge in [0.15, 0.2) is 0 Å². The van der Waals surface area contributed by atoms with Crippen LogP contribution >= 0.6 is 0 Å². The molecule has 23 heavy (non-hydrogen) atoms. The molecule has 0 aliphatic rings. The molecule has 0 saturated heterocycles.